The first-order valence-corrected chi connectivity index (χ1v) is 15.8. The van der Waals surface area contributed by atoms with Gasteiger partial charge in [0.15, 0.2) is 0 Å². The molecule has 0 fully saturated rings. The number of amides is 2. The predicted molar refractivity (Wildman–Crippen MR) is 166 cm³/mol. The first kappa shape index (κ1) is 32.2. The lowest BCUT2D eigenvalue weighted by molar-refractivity contribution is -0.139. The molecule has 220 valence electrons. The van der Waals surface area contributed by atoms with Gasteiger partial charge in [0, 0.05) is 17.6 Å². The van der Waals surface area contributed by atoms with Crippen LogP contribution in [0.15, 0.2) is 77.7 Å². The van der Waals surface area contributed by atoms with E-state index in [0.29, 0.717) is 17.9 Å². The minimum Gasteiger partial charge on any atom is -0.352 e. The number of anilines is 1. The summed E-state index contributed by atoms with van der Waals surface area (Å²) in [6, 6.07) is 20.3. The van der Waals surface area contributed by atoms with Crippen molar-refractivity contribution < 1.29 is 18.0 Å². The van der Waals surface area contributed by atoms with Gasteiger partial charge in [0.05, 0.1) is 10.6 Å². The minimum absolute atomic E-state index is 0.0595. The summed E-state index contributed by atoms with van der Waals surface area (Å²) >= 11 is 6.40. The maximum atomic E-state index is 14.1. The monoisotopic (exact) mass is 597 g/mol. The van der Waals surface area contributed by atoms with E-state index in [0.717, 1.165) is 27.4 Å². The zero-order valence-corrected chi connectivity index (χ0v) is 26.0. The Hall–Kier alpha value is -3.36. The highest BCUT2D eigenvalue weighted by molar-refractivity contribution is 7.92. The van der Waals surface area contributed by atoms with Crippen molar-refractivity contribution in [2.45, 2.75) is 70.9 Å². The molecule has 0 aliphatic heterocycles. The molecule has 3 aromatic rings. The number of benzene rings is 3. The molecule has 0 radical (unpaired) electrons. The van der Waals surface area contributed by atoms with Gasteiger partial charge in [-0.1, -0.05) is 79.5 Å². The fourth-order valence-corrected chi connectivity index (χ4v) is 6.02. The number of hydrogen-bond donors (Lipinski definition) is 1. The van der Waals surface area contributed by atoms with Gasteiger partial charge in [0.25, 0.3) is 10.0 Å². The molecule has 2 unspecified atom stereocenters. The van der Waals surface area contributed by atoms with Crippen LogP contribution in [0.3, 0.4) is 0 Å². The molecular weight excluding hydrogens is 558 g/mol. The van der Waals surface area contributed by atoms with Crippen LogP contribution in [0.4, 0.5) is 5.69 Å². The molecule has 0 aliphatic rings. The van der Waals surface area contributed by atoms with Crippen LogP contribution < -0.4 is 9.62 Å². The average Bonchev–Trinajstić information content (AvgIpc) is 2.95. The van der Waals surface area contributed by atoms with E-state index in [4.69, 9.17) is 11.6 Å². The third-order valence-electron chi connectivity index (χ3n) is 7.20. The van der Waals surface area contributed by atoms with Gasteiger partial charge >= 0.3 is 0 Å². The molecule has 41 heavy (non-hydrogen) atoms. The van der Waals surface area contributed by atoms with Crippen LogP contribution in [0.5, 0.6) is 0 Å². The molecule has 2 atom stereocenters. The molecule has 0 saturated carbocycles. The Bertz CT molecular complexity index is 1430. The van der Waals surface area contributed by atoms with Crippen molar-refractivity contribution in [1.29, 1.82) is 0 Å². The molecular formula is C32H40ClN3O4S. The Kier molecular flexibility index (Phi) is 11.4. The third kappa shape index (κ3) is 8.33. The van der Waals surface area contributed by atoms with Crippen molar-refractivity contribution in [3.8, 4) is 0 Å². The Morgan fingerprint density at radius 3 is 2.17 bits per heavy atom. The minimum atomic E-state index is -4.15. The summed E-state index contributed by atoms with van der Waals surface area (Å²) in [5.74, 6) is -0.728. The summed E-state index contributed by atoms with van der Waals surface area (Å²) in [7, 11) is -4.15. The smallest absolute Gasteiger partial charge is 0.264 e. The van der Waals surface area contributed by atoms with Gasteiger partial charge in [0.1, 0.15) is 12.6 Å². The van der Waals surface area contributed by atoms with Crippen LogP contribution in [0.25, 0.3) is 0 Å². The van der Waals surface area contributed by atoms with Crippen LogP contribution in [-0.4, -0.2) is 50.3 Å². The van der Waals surface area contributed by atoms with Gasteiger partial charge in [-0.3, -0.25) is 13.9 Å². The number of hydrogen-bond acceptors (Lipinski definition) is 4. The van der Waals surface area contributed by atoms with Crippen molar-refractivity contribution >= 4 is 39.1 Å². The highest BCUT2D eigenvalue weighted by Gasteiger charge is 2.33. The van der Waals surface area contributed by atoms with Crippen LogP contribution in [0, 0.1) is 13.8 Å². The van der Waals surface area contributed by atoms with Crippen LogP contribution in [0.1, 0.15) is 50.3 Å². The maximum Gasteiger partial charge on any atom is 0.264 e. The number of nitrogens with one attached hydrogen (secondary N) is 1. The van der Waals surface area contributed by atoms with Gasteiger partial charge in [-0.15, -0.1) is 0 Å². The maximum absolute atomic E-state index is 14.1. The van der Waals surface area contributed by atoms with Gasteiger partial charge in [0.2, 0.25) is 11.8 Å². The number of nitrogens with zero attached hydrogens (tertiary/aromatic N) is 2. The summed E-state index contributed by atoms with van der Waals surface area (Å²) in [5.41, 5.74) is 2.98. The molecule has 1 N–H and O–H groups in total. The number of sulfonamides is 1. The van der Waals surface area contributed by atoms with Crippen LogP contribution in [0.2, 0.25) is 5.02 Å². The van der Waals surface area contributed by atoms with Crippen molar-refractivity contribution in [2.24, 2.45) is 0 Å². The fraction of sp³-hybridized carbons (Fsp3) is 0.375. The van der Waals surface area contributed by atoms with Gasteiger partial charge in [-0.2, -0.15) is 0 Å². The van der Waals surface area contributed by atoms with E-state index in [2.05, 4.69) is 5.32 Å². The van der Waals surface area contributed by atoms with E-state index < -0.39 is 28.5 Å². The second-order valence-electron chi connectivity index (χ2n) is 10.3. The number of carbonyl (C=O) groups excluding carboxylic acids is 2. The van der Waals surface area contributed by atoms with Gasteiger partial charge < -0.3 is 10.2 Å². The van der Waals surface area contributed by atoms with E-state index >= 15 is 0 Å². The SMILES string of the molecule is CCC(C)NC(=O)C(CC)N(CCc1ccccc1)C(=O)CN(c1ccc(C)c(Cl)c1)S(=O)(=O)c1ccc(C)cc1. The zero-order valence-electron chi connectivity index (χ0n) is 24.4. The summed E-state index contributed by atoms with van der Waals surface area (Å²) in [6.07, 6.45) is 1.64. The Morgan fingerprint density at radius 2 is 1.59 bits per heavy atom. The molecule has 7 nitrogen and oxygen atoms in total. The highest BCUT2D eigenvalue weighted by Crippen LogP contribution is 2.28. The number of aryl methyl sites for hydroxylation is 2. The molecule has 2 amide bonds. The lowest BCUT2D eigenvalue weighted by Gasteiger charge is -2.33. The fourth-order valence-electron chi connectivity index (χ4n) is 4.44. The van der Waals surface area contributed by atoms with E-state index in [9.17, 15) is 18.0 Å². The van der Waals surface area contributed by atoms with E-state index in [1.54, 1.807) is 30.3 Å². The molecule has 3 aromatic carbocycles. The third-order valence-corrected chi connectivity index (χ3v) is 9.40. The van der Waals surface area contributed by atoms with Crippen molar-refractivity contribution in [2.75, 3.05) is 17.4 Å². The van der Waals surface area contributed by atoms with Gasteiger partial charge in [-0.05, 0) is 75.4 Å². The summed E-state index contributed by atoms with van der Waals surface area (Å²) in [5, 5.41) is 3.38. The molecule has 0 aliphatic carbocycles. The zero-order chi connectivity index (χ0) is 30.2. The van der Waals surface area contributed by atoms with Crippen molar-refractivity contribution in [1.82, 2.24) is 10.2 Å². The molecule has 0 saturated heterocycles. The summed E-state index contributed by atoms with van der Waals surface area (Å²) in [6.45, 7) is 9.20. The first-order valence-electron chi connectivity index (χ1n) is 14.0. The molecule has 0 heterocycles. The number of rotatable bonds is 13. The Balaban J connectivity index is 2.03. The number of carbonyl (C=O) groups is 2. The topological polar surface area (TPSA) is 86.8 Å². The molecule has 0 aromatic heterocycles. The van der Waals surface area contributed by atoms with Crippen LogP contribution >= 0.6 is 11.6 Å². The Labute approximate surface area is 249 Å². The average molecular weight is 598 g/mol. The van der Waals surface area contributed by atoms with E-state index in [1.807, 2.05) is 65.0 Å². The molecule has 0 spiro atoms. The standard InChI is InChI=1S/C32H40ClN3O4S/c1-6-25(5)34-32(38)30(7-2)35(20-19-26-11-9-8-10-12-26)31(37)22-36(27-16-15-24(4)29(33)21-27)41(39,40)28-17-13-23(3)14-18-28/h8-18,21,25,30H,6-7,19-20,22H2,1-5H3,(H,34,38). The predicted octanol–water partition coefficient (Wildman–Crippen LogP) is 5.92. The van der Waals surface area contributed by atoms with Crippen molar-refractivity contribution in [3.05, 3.63) is 94.5 Å². The Morgan fingerprint density at radius 1 is 0.927 bits per heavy atom. The second kappa shape index (κ2) is 14.5. The lowest BCUT2D eigenvalue weighted by Crippen LogP contribution is -2.54. The van der Waals surface area contributed by atoms with E-state index in [1.165, 1.54) is 17.0 Å². The number of halogens is 1. The lowest BCUT2D eigenvalue weighted by atomic mass is 10.1. The van der Waals surface area contributed by atoms with Crippen LogP contribution in [-0.2, 0) is 26.0 Å². The first-order chi connectivity index (χ1) is 19.5. The molecule has 9 heteroatoms. The van der Waals surface area contributed by atoms with Crippen molar-refractivity contribution in [3.63, 3.8) is 0 Å². The largest absolute Gasteiger partial charge is 0.352 e. The normalized spacial score (nSPS) is 12.8. The summed E-state index contributed by atoms with van der Waals surface area (Å²) < 4.78 is 29.0. The highest BCUT2D eigenvalue weighted by atomic mass is 35.5. The summed E-state index contributed by atoms with van der Waals surface area (Å²) in [4.78, 5) is 29.0. The quantitative estimate of drug-likeness (QED) is 0.265. The molecule has 0 bridgehead atoms. The molecule has 3 rings (SSSR count). The van der Waals surface area contributed by atoms with E-state index in [-0.39, 0.29) is 29.1 Å². The van der Waals surface area contributed by atoms with Gasteiger partial charge in [-0.25, -0.2) is 8.42 Å². The second-order valence-corrected chi connectivity index (χ2v) is 12.6.